The van der Waals surface area contributed by atoms with Crippen molar-refractivity contribution in [3.8, 4) is 40.1 Å². The summed E-state index contributed by atoms with van der Waals surface area (Å²) in [6, 6.07) is 6.59. The van der Waals surface area contributed by atoms with Gasteiger partial charge in [-0.05, 0) is 25.1 Å². The second kappa shape index (κ2) is 17.3. The van der Waals surface area contributed by atoms with Crippen LogP contribution in [0.3, 0.4) is 0 Å². The Morgan fingerprint density at radius 2 is 1.35 bits per heavy atom. The van der Waals surface area contributed by atoms with E-state index in [-0.39, 0.29) is 79.2 Å². The van der Waals surface area contributed by atoms with Crippen molar-refractivity contribution in [3.63, 3.8) is 0 Å². The largest absolute Gasteiger partial charge is 0.507 e. The predicted molar refractivity (Wildman–Crippen MR) is 173 cm³/mol. The topological polar surface area (TPSA) is 297 Å². The Balaban J connectivity index is 1.53. The lowest BCUT2D eigenvalue weighted by Gasteiger charge is -2.42. The van der Waals surface area contributed by atoms with Crippen LogP contribution in [0.4, 0.5) is 0 Å². The molecule has 52 heavy (non-hydrogen) atoms. The van der Waals surface area contributed by atoms with Crippen LogP contribution >= 0.6 is 0 Å². The Labute approximate surface area is 294 Å². The van der Waals surface area contributed by atoms with Gasteiger partial charge in [0.05, 0.1) is 32.5 Å². The van der Waals surface area contributed by atoms with E-state index >= 15 is 0 Å². The minimum atomic E-state index is -1.98. The fourth-order valence-electron chi connectivity index (χ4n) is 5.60. The van der Waals surface area contributed by atoms with Crippen molar-refractivity contribution in [3.05, 3.63) is 40.6 Å². The summed E-state index contributed by atoms with van der Waals surface area (Å²) in [5.74, 6) is -1.31. The number of phenolic OH excluding ortho intramolecular Hbond substituents is 1. The average Bonchev–Trinajstić information content (AvgIpc) is 3.13. The van der Waals surface area contributed by atoms with Crippen LogP contribution in [-0.4, -0.2) is 159 Å². The number of benzene rings is 2. The molecule has 10 atom stereocenters. The minimum absolute atomic E-state index is 0.0380. The SMILES string of the molecule is C[C@H]1O[C@@H](OC[C@H]2O[C@@H](Oc3c(-c4ccc(OCCO)c(OCCO)c4)oc4cc(OCCO)cc(O)c4c3=O)[C@@H](O)[C@@H](O)C2O)[C@@H](O)C(O)[C@H]1O. The van der Waals surface area contributed by atoms with Gasteiger partial charge in [-0.25, -0.2) is 0 Å². The Hall–Kier alpha value is -3.83. The maximum Gasteiger partial charge on any atom is 0.239 e. The first-order valence-electron chi connectivity index (χ1n) is 16.3. The molecule has 0 amide bonds. The van der Waals surface area contributed by atoms with Gasteiger partial charge in [0.1, 0.15) is 85.0 Å². The predicted octanol–water partition coefficient (Wildman–Crippen LogP) is -2.69. The Kier molecular flexibility index (Phi) is 13.1. The molecule has 2 saturated heterocycles. The summed E-state index contributed by atoms with van der Waals surface area (Å²) in [4.78, 5) is 14.1. The summed E-state index contributed by atoms with van der Waals surface area (Å²) in [6.45, 7) is -0.648. The Bertz CT molecular complexity index is 1700. The lowest BCUT2D eigenvalue weighted by molar-refractivity contribution is -0.318. The minimum Gasteiger partial charge on any atom is -0.507 e. The summed E-state index contributed by atoms with van der Waals surface area (Å²) >= 11 is 0. The highest BCUT2D eigenvalue weighted by Crippen LogP contribution is 2.40. The van der Waals surface area contributed by atoms with Gasteiger partial charge in [-0.15, -0.1) is 0 Å². The van der Waals surface area contributed by atoms with E-state index in [9.17, 15) is 55.9 Å². The third kappa shape index (κ3) is 8.36. The Morgan fingerprint density at radius 3 is 2.04 bits per heavy atom. The van der Waals surface area contributed by atoms with Gasteiger partial charge in [-0.1, -0.05) is 0 Å². The van der Waals surface area contributed by atoms with Crippen molar-refractivity contribution in [1.82, 2.24) is 0 Å². The van der Waals surface area contributed by atoms with Crippen LogP contribution in [0.2, 0.25) is 0 Å². The second-order valence-electron chi connectivity index (χ2n) is 11.9. The van der Waals surface area contributed by atoms with Gasteiger partial charge in [0.2, 0.25) is 17.5 Å². The molecule has 3 aromatic rings. The van der Waals surface area contributed by atoms with E-state index in [1.165, 1.54) is 31.2 Å². The van der Waals surface area contributed by atoms with Gasteiger partial charge in [-0.3, -0.25) is 4.79 Å². The molecule has 2 unspecified atom stereocenters. The number of hydrogen-bond donors (Lipinski definition) is 10. The molecule has 288 valence electrons. The number of hydrogen-bond acceptors (Lipinski definition) is 19. The first-order chi connectivity index (χ1) is 24.9. The molecule has 0 spiro atoms. The number of aliphatic hydroxyl groups is 9. The molecule has 2 aromatic carbocycles. The summed E-state index contributed by atoms with van der Waals surface area (Å²) < 4.78 is 45.1. The number of rotatable bonds is 15. The van der Waals surface area contributed by atoms with Crippen molar-refractivity contribution >= 4 is 11.0 Å². The lowest BCUT2D eigenvalue weighted by atomic mass is 9.98. The van der Waals surface area contributed by atoms with Gasteiger partial charge < -0.3 is 88.6 Å². The fraction of sp³-hybridized carbons (Fsp3) is 0.545. The van der Waals surface area contributed by atoms with Crippen molar-refractivity contribution in [2.45, 2.75) is 68.3 Å². The number of aromatic hydroxyl groups is 1. The van der Waals surface area contributed by atoms with E-state index in [0.29, 0.717) is 0 Å². The Morgan fingerprint density at radius 1 is 0.712 bits per heavy atom. The van der Waals surface area contributed by atoms with Crippen molar-refractivity contribution < 1.29 is 88.6 Å². The molecule has 2 aliphatic heterocycles. The zero-order valence-corrected chi connectivity index (χ0v) is 27.8. The summed E-state index contributed by atoms with van der Waals surface area (Å²) in [5, 5.41) is 101. The average molecular weight is 743 g/mol. The first kappa shape index (κ1) is 39.4. The van der Waals surface area contributed by atoms with Crippen molar-refractivity contribution in [1.29, 1.82) is 0 Å². The molecule has 5 rings (SSSR count). The zero-order chi connectivity index (χ0) is 37.7. The second-order valence-corrected chi connectivity index (χ2v) is 11.9. The van der Waals surface area contributed by atoms with Crippen LogP contribution in [-0.2, 0) is 14.2 Å². The smallest absolute Gasteiger partial charge is 0.239 e. The third-order valence-electron chi connectivity index (χ3n) is 8.31. The third-order valence-corrected chi connectivity index (χ3v) is 8.31. The highest BCUT2D eigenvalue weighted by molar-refractivity contribution is 5.88. The van der Waals surface area contributed by atoms with E-state index < -0.39 is 84.9 Å². The molecule has 19 heteroatoms. The van der Waals surface area contributed by atoms with Crippen LogP contribution in [0.15, 0.2) is 39.5 Å². The summed E-state index contributed by atoms with van der Waals surface area (Å²) in [7, 11) is 0. The van der Waals surface area contributed by atoms with Crippen LogP contribution in [0.5, 0.6) is 28.7 Å². The monoisotopic (exact) mass is 742 g/mol. The van der Waals surface area contributed by atoms with Gasteiger partial charge >= 0.3 is 0 Å². The molecule has 0 bridgehead atoms. The highest BCUT2D eigenvalue weighted by Gasteiger charge is 2.48. The van der Waals surface area contributed by atoms with Crippen LogP contribution in [0.25, 0.3) is 22.3 Å². The van der Waals surface area contributed by atoms with Crippen LogP contribution in [0.1, 0.15) is 6.92 Å². The standard InChI is InChI=1S/C33H42O19/c1-14-23(38)26(41)28(43)32(49-14)48-13-21-24(39)27(42)29(44)33(51-21)52-31-25(40)22-17(37)11-16(45-7-4-34)12-20(22)50-30(31)15-2-3-18(46-8-5-35)19(10-15)47-9-6-36/h2-3,10-12,14,21,23-24,26-29,32-39,41-44H,4-9,13H2,1H3/t14-,21-,23+,24?,26?,27+,28+,29+,32-,33+/m1/s1. The van der Waals surface area contributed by atoms with Gasteiger partial charge in [0, 0.05) is 17.7 Å². The summed E-state index contributed by atoms with van der Waals surface area (Å²) in [6.07, 6.45) is -16.3. The van der Waals surface area contributed by atoms with Crippen LogP contribution in [0, 0.1) is 0 Å². The molecule has 2 aliphatic rings. The zero-order valence-electron chi connectivity index (χ0n) is 27.8. The first-order valence-corrected chi connectivity index (χ1v) is 16.3. The fourth-order valence-corrected chi connectivity index (χ4v) is 5.60. The maximum absolute atomic E-state index is 14.1. The molecule has 0 aliphatic carbocycles. The van der Waals surface area contributed by atoms with Gasteiger partial charge in [-0.2, -0.15) is 0 Å². The molecule has 3 heterocycles. The van der Waals surface area contributed by atoms with E-state index in [4.69, 9.17) is 37.6 Å². The molecule has 2 fully saturated rings. The maximum atomic E-state index is 14.1. The number of fused-ring (bicyclic) bond motifs is 1. The molecule has 1 aromatic heterocycles. The van der Waals surface area contributed by atoms with E-state index in [1.807, 2.05) is 0 Å². The van der Waals surface area contributed by atoms with Gasteiger partial charge in [0.25, 0.3) is 0 Å². The molecule has 0 radical (unpaired) electrons. The van der Waals surface area contributed by atoms with Crippen molar-refractivity contribution in [2.75, 3.05) is 46.2 Å². The summed E-state index contributed by atoms with van der Waals surface area (Å²) in [5.41, 5.74) is -1.08. The van der Waals surface area contributed by atoms with Gasteiger partial charge in [0.15, 0.2) is 23.5 Å². The van der Waals surface area contributed by atoms with E-state index in [0.717, 1.165) is 6.07 Å². The number of aliphatic hydroxyl groups excluding tert-OH is 9. The molecule has 10 N–H and O–H groups in total. The normalized spacial score (nSPS) is 29.2. The van der Waals surface area contributed by atoms with Crippen molar-refractivity contribution in [2.24, 2.45) is 0 Å². The molecular weight excluding hydrogens is 700 g/mol. The molecule has 19 nitrogen and oxygen atoms in total. The quantitative estimate of drug-likeness (QED) is 0.0758. The van der Waals surface area contributed by atoms with Crippen LogP contribution < -0.4 is 24.4 Å². The van der Waals surface area contributed by atoms with E-state index in [2.05, 4.69) is 0 Å². The molecular formula is C33H42O19. The number of ether oxygens (including phenoxy) is 7. The lowest BCUT2D eigenvalue weighted by Crippen LogP contribution is -2.61. The van der Waals surface area contributed by atoms with E-state index in [1.54, 1.807) is 0 Å². The molecule has 0 saturated carbocycles. The number of phenols is 1. The highest BCUT2D eigenvalue weighted by atomic mass is 16.7.